The van der Waals surface area contributed by atoms with Crippen LogP contribution in [0.3, 0.4) is 0 Å². The summed E-state index contributed by atoms with van der Waals surface area (Å²) in [7, 11) is 0. The maximum Gasteiger partial charge on any atom is 0.251 e. The number of hydrogen-bond donors (Lipinski definition) is 2. The highest BCUT2D eigenvalue weighted by molar-refractivity contribution is 7.80. The first-order valence-corrected chi connectivity index (χ1v) is 9.01. The molecule has 1 heterocycles. The minimum absolute atomic E-state index is 0.00661. The lowest BCUT2D eigenvalue weighted by atomic mass is 10.0. The molecule has 2 N–H and O–H groups in total. The maximum atomic E-state index is 12.4. The molecular formula is C20H23N3OS. The van der Waals surface area contributed by atoms with E-state index < -0.39 is 0 Å². The highest BCUT2D eigenvalue weighted by Gasteiger charge is 2.22. The molecule has 0 bridgehead atoms. The van der Waals surface area contributed by atoms with Gasteiger partial charge in [0.15, 0.2) is 5.11 Å². The van der Waals surface area contributed by atoms with Gasteiger partial charge in [-0.3, -0.25) is 4.79 Å². The molecule has 1 aliphatic rings. The molecule has 0 spiro atoms. The van der Waals surface area contributed by atoms with Crippen molar-refractivity contribution in [2.45, 2.75) is 25.8 Å². The quantitative estimate of drug-likeness (QED) is 0.828. The van der Waals surface area contributed by atoms with Crippen LogP contribution in [0.15, 0.2) is 54.6 Å². The topological polar surface area (TPSA) is 44.4 Å². The van der Waals surface area contributed by atoms with Gasteiger partial charge in [0.2, 0.25) is 0 Å². The first-order chi connectivity index (χ1) is 12.1. The number of rotatable bonds is 3. The average molecular weight is 353 g/mol. The monoisotopic (exact) mass is 353 g/mol. The Morgan fingerprint density at radius 1 is 1.08 bits per heavy atom. The van der Waals surface area contributed by atoms with E-state index in [1.54, 1.807) is 0 Å². The van der Waals surface area contributed by atoms with Gasteiger partial charge in [-0.1, -0.05) is 35.9 Å². The molecule has 25 heavy (non-hydrogen) atoms. The molecule has 0 aliphatic carbocycles. The third kappa shape index (κ3) is 4.79. The normalized spacial score (nSPS) is 14.8. The van der Waals surface area contributed by atoms with Crippen LogP contribution in [0.25, 0.3) is 0 Å². The Labute approximate surface area is 154 Å². The molecule has 2 aromatic carbocycles. The van der Waals surface area contributed by atoms with Crippen LogP contribution in [-0.2, 0) is 0 Å². The van der Waals surface area contributed by atoms with Crippen molar-refractivity contribution < 1.29 is 4.79 Å². The van der Waals surface area contributed by atoms with E-state index in [1.807, 2.05) is 61.5 Å². The second-order valence-corrected chi connectivity index (χ2v) is 6.79. The van der Waals surface area contributed by atoms with Crippen LogP contribution in [0.5, 0.6) is 0 Å². The fraction of sp³-hybridized carbons (Fsp3) is 0.300. The summed E-state index contributed by atoms with van der Waals surface area (Å²) in [5.41, 5.74) is 2.82. The number of thiocarbonyl (C=S) groups is 1. The summed E-state index contributed by atoms with van der Waals surface area (Å²) in [5, 5.41) is 7.16. The van der Waals surface area contributed by atoms with E-state index in [2.05, 4.69) is 15.5 Å². The van der Waals surface area contributed by atoms with Gasteiger partial charge in [-0.15, -0.1) is 0 Å². The van der Waals surface area contributed by atoms with Crippen molar-refractivity contribution in [3.63, 3.8) is 0 Å². The number of carbonyl (C=O) groups is 1. The number of likely N-dealkylation sites (tertiary alicyclic amines) is 1. The summed E-state index contributed by atoms with van der Waals surface area (Å²) in [6.07, 6.45) is 1.79. The van der Waals surface area contributed by atoms with Crippen LogP contribution in [0.1, 0.15) is 28.8 Å². The number of nitrogens with one attached hydrogen (secondary N) is 2. The fourth-order valence-corrected chi connectivity index (χ4v) is 3.31. The average Bonchev–Trinajstić information content (AvgIpc) is 2.63. The number of nitrogens with zero attached hydrogens (tertiary/aromatic N) is 1. The van der Waals surface area contributed by atoms with Gasteiger partial charge < -0.3 is 15.5 Å². The summed E-state index contributed by atoms with van der Waals surface area (Å²) in [4.78, 5) is 14.5. The van der Waals surface area contributed by atoms with Crippen molar-refractivity contribution in [3.05, 3.63) is 65.7 Å². The van der Waals surface area contributed by atoms with Gasteiger partial charge in [-0.2, -0.15) is 0 Å². The number of para-hydroxylation sites is 1. The van der Waals surface area contributed by atoms with E-state index in [4.69, 9.17) is 12.2 Å². The Balaban J connectivity index is 1.48. The van der Waals surface area contributed by atoms with Crippen LogP contribution >= 0.6 is 12.2 Å². The lowest BCUT2D eigenvalue weighted by Gasteiger charge is -2.34. The van der Waals surface area contributed by atoms with Gasteiger partial charge >= 0.3 is 0 Å². The Hall–Kier alpha value is -2.40. The molecule has 0 atom stereocenters. The third-order valence-electron chi connectivity index (χ3n) is 4.42. The van der Waals surface area contributed by atoms with Gasteiger partial charge in [-0.05, 0) is 56.2 Å². The van der Waals surface area contributed by atoms with Gasteiger partial charge in [0.05, 0.1) is 0 Å². The molecule has 1 aliphatic heterocycles. The Morgan fingerprint density at radius 3 is 2.48 bits per heavy atom. The van der Waals surface area contributed by atoms with Crippen LogP contribution in [0, 0.1) is 6.92 Å². The van der Waals surface area contributed by atoms with Gasteiger partial charge in [0.1, 0.15) is 0 Å². The van der Waals surface area contributed by atoms with E-state index >= 15 is 0 Å². The third-order valence-corrected chi connectivity index (χ3v) is 4.78. The standard InChI is InChI=1S/C20H23N3OS/c1-15-6-5-7-16(14-15)19(24)21-18-10-12-23(13-11-18)20(25)22-17-8-3-2-4-9-17/h2-9,14,18H,10-13H2,1H3,(H,21,24)(H,22,25). The molecule has 1 fully saturated rings. The number of carbonyl (C=O) groups excluding carboxylic acids is 1. The van der Waals surface area contributed by atoms with E-state index in [9.17, 15) is 4.79 Å². The number of aryl methyl sites for hydroxylation is 1. The minimum atomic E-state index is 0.00661. The van der Waals surface area contributed by atoms with E-state index in [0.29, 0.717) is 0 Å². The van der Waals surface area contributed by atoms with E-state index in [1.165, 1.54) is 0 Å². The first kappa shape index (κ1) is 17.4. The second-order valence-electron chi connectivity index (χ2n) is 6.40. The molecule has 2 aromatic rings. The Kier molecular flexibility index (Phi) is 5.66. The van der Waals surface area contributed by atoms with Crippen molar-refractivity contribution in [1.29, 1.82) is 0 Å². The van der Waals surface area contributed by atoms with E-state index in [-0.39, 0.29) is 11.9 Å². The van der Waals surface area contributed by atoms with Crippen LogP contribution in [0.4, 0.5) is 5.69 Å². The van der Waals surface area contributed by atoms with Crippen LogP contribution in [-0.4, -0.2) is 35.1 Å². The van der Waals surface area contributed by atoms with Crippen LogP contribution < -0.4 is 10.6 Å². The smallest absolute Gasteiger partial charge is 0.251 e. The summed E-state index contributed by atoms with van der Waals surface area (Å²) in [6.45, 7) is 3.69. The highest BCUT2D eigenvalue weighted by atomic mass is 32.1. The lowest BCUT2D eigenvalue weighted by molar-refractivity contribution is 0.0922. The summed E-state index contributed by atoms with van der Waals surface area (Å²) in [6, 6.07) is 17.8. The number of anilines is 1. The van der Waals surface area contributed by atoms with Crippen molar-refractivity contribution in [1.82, 2.24) is 10.2 Å². The molecule has 0 saturated carbocycles. The van der Waals surface area contributed by atoms with Crippen molar-refractivity contribution in [2.75, 3.05) is 18.4 Å². The number of amides is 1. The van der Waals surface area contributed by atoms with Gasteiger partial charge in [-0.25, -0.2) is 0 Å². The molecule has 130 valence electrons. The zero-order chi connectivity index (χ0) is 17.6. The number of piperidine rings is 1. The van der Waals surface area contributed by atoms with E-state index in [0.717, 1.165) is 47.9 Å². The Bertz CT molecular complexity index is 740. The predicted molar refractivity (Wildman–Crippen MR) is 106 cm³/mol. The summed E-state index contributed by atoms with van der Waals surface area (Å²) < 4.78 is 0. The molecule has 5 heteroatoms. The molecule has 4 nitrogen and oxygen atoms in total. The number of hydrogen-bond acceptors (Lipinski definition) is 2. The van der Waals surface area contributed by atoms with Crippen molar-refractivity contribution >= 4 is 28.9 Å². The molecule has 3 rings (SSSR count). The number of benzene rings is 2. The maximum absolute atomic E-state index is 12.4. The molecule has 0 radical (unpaired) electrons. The predicted octanol–water partition coefficient (Wildman–Crippen LogP) is 3.59. The minimum Gasteiger partial charge on any atom is -0.349 e. The Morgan fingerprint density at radius 2 is 1.80 bits per heavy atom. The van der Waals surface area contributed by atoms with Gasteiger partial charge in [0, 0.05) is 30.4 Å². The largest absolute Gasteiger partial charge is 0.349 e. The van der Waals surface area contributed by atoms with Gasteiger partial charge in [0.25, 0.3) is 5.91 Å². The summed E-state index contributed by atoms with van der Waals surface area (Å²) >= 11 is 5.50. The SMILES string of the molecule is Cc1cccc(C(=O)NC2CCN(C(=S)Nc3ccccc3)CC2)c1. The second kappa shape index (κ2) is 8.12. The molecular weight excluding hydrogens is 330 g/mol. The lowest BCUT2D eigenvalue weighted by Crippen LogP contribution is -2.47. The van der Waals surface area contributed by atoms with Crippen molar-refractivity contribution in [2.24, 2.45) is 0 Å². The zero-order valence-electron chi connectivity index (χ0n) is 14.4. The highest BCUT2D eigenvalue weighted by Crippen LogP contribution is 2.14. The zero-order valence-corrected chi connectivity index (χ0v) is 15.2. The molecule has 1 saturated heterocycles. The fourth-order valence-electron chi connectivity index (χ4n) is 3.01. The van der Waals surface area contributed by atoms with Crippen LogP contribution in [0.2, 0.25) is 0 Å². The van der Waals surface area contributed by atoms with Crippen molar-refractivity contribution in [3.8, 4) is 0 Å². The first-order valence-electron chi connectivity index (χ1n) is 8.60. The molecule has 0 aromatic heterocycles. The summed E-state index contributed by atoms with van der Waals surface area (Å²) in [5.74, 6) is 0.00661. The molecule has 0 unspecified atom stereocenters. The molecule has 1 amide bonds.